The van der Waals surface area contributed by atoms with Crippen LogP contribution in [0.5, 0.6) is 5.75 Å². The Kier molecular flexibility index (Phi) is 7.89. The summed E-state index contributed by atoms with van der Waals surface area (Å²) in [5.74, 6) is -1.69. The first kappa shape index (κ1) is 24.2. The molecule has 0 radical (unpaired) electrons. The van der Waals surface area contributed by atoms with Crippen molar-refractivity contribution in [2.24, 2.45) is 5.10 Å². The summed E-state index contributed by atoms with van der Waals surface area (Å²) in [7, 11) is 0. The minimum atomic E-state index is -0.943. The molecule has 35 heavy (non-hydrogen) atoms. The van der Waals surface area contributed by atoms with Gasteiger partial charge in [-0.3, -0.25) is 9.59 Å². The second-order valence-corrected chi connectivity index (χ2v) is 8.89. The zero-order valence-corrected chi connectivity index (χ0v) is 20.0. The topological polar surface area (TPSA) is 106 Å². The number of carbonyl (C=O) groups excluding carboxylic acids is 3. The van der Waals surface area contributed by atoms with E-state index >= 15 is 0 Å². The molecule has 0 unspecified atom stereocenters. The lowest BCUT2D eigenvalue weighted by Crippen LogP contribution is -2.32. The maximum absolute atomic E-state index is 12.4. The number of nitrogens with zero attached hydrogens (tertiary/aromatic N) is 1. The first-order valence-electron chi connectivity index (χ1n) is 11.3. The molecular weight excluding hydrogens is 466 g/mol. The molecule has 0 bridgehead atoms. The maximum atomic E-state index is 12.4. The number of esters is 1. The Labute approximate surface area is 207 Å². The van der Waals surface area contributed by atoms with Crippen LogP contribution in [0.25, 0.3) is 0 Å². The van der Waals surface area contributed by atoms with Crippen molar-refractivity contribution < 1.29 is 23.9 Å². The second-order valence-electron chi connectivity index (χ2n) is 7.78. The van der Waals surface area contributed by atoms with Crippen LogP contribution >= 0.6 is 11.3 Å². The van der Waals surface area contributed by atoms with Crippen LogP contribution in [-0.2, 0) is 33.8 Å². The minimum absolute atomic E-state index is 0.227. The average molecular weight is 492 g/mol. The predicted octanol–water partition coefficient (Wildman–Crippen LogP) is 4.08. The number of nitrogens with one attached hydrogen (secondary N) is 2. The van der Waals surface area contributed by atoms with Gasteiger partial charge in [0.1, 0.15) is 17.4 Å². The van der Waals surface area contributed by atoms with Crippen molar-refractivity contribution in [1.29, 1.82) is 0 Å². The number of ether oxygens (including phenoxy) is 2. The third-order valence-electron chi connectivity index (χ3n) is 5.32. The van der Waals surface area contributed by atoms with Crippen molar-refractivity contribution >= 4 is 40.3 Å². The van der Waals surface area contributed by atoms with Crippen LogP contribution in [0, 0.1) is 0 Å². The number of anilines is 1. The van der Waals surface area contributed by atoms with Crippen LogP contribution in [0.4, 0.5) is 5.00 Å². The van der Waals surface area contributed by atoms with Crippen molar-refractivity contribution in [3.8, 4) is 5.75 Å². The largest absolute Gasteiger partial charge is 0.489 e. The van der Waals surface area contributed by atoms with E-state index in [1.165, 1.54) is 17.6 Å². The van der Waals surface area contributed by atoms with Gasteiger partial charge in [-0.2, -0.15) is 5.10 Å². The van der Waals surface area contributed by atoms with Crippen LogP contribution in [0.1, 0.15) is 45.3 Å². The Morgan fingerprint density at radius 3 is 2.69 bits per heavy atom. The van der Waals surface area contributed by atoms with Gasteiger partial charge < -0.3 is 14.8 Å². The predicted molar refractivity (Wildman–Crippen MR) is 134 cm³/mol. The highest BCUT2D eigenvalue weighted by atomic mass is 32.1. The summed E-state index contributed by atoms with van der Waals surface area (Å²) in [4.78, 5) is 38.2. The fourth-order valence-corrected chi connectivity index (χ4v) is 4.99. The Hall–Kier alpha value is -3.98. The van der Waals surface area contributed by atoms with Crippen molar-refractivity contribution in [1.82, 2.24) is 5.43 Å². The number of fused-ring (bicyclic) bond motifs is 1. The number of hydrogen-bond acceptors (Lipinski definition) is 7. The normalized spacial score (nSPS) is 12.3. The van der Waals surface area contributed by atoms with Crippen molar-refractivity contribution in [2.45, 2.75) is 32.8 Å². The molecule has 0 saturated carbocycles. The highest BCUT2D eigenvalue weighted by Gasteiger charge is 2.29. The highest BCUT2D eigenvalue weighted by Crippen LogP contribution is 2.39. The Morgan fingerprint density at radius 1 is 1.06 bits per heavy atom. The van der Waals surface area contributed by atoms with Crippen molar-refractivity contribution in [3.63, 3.8) is 0 Å². The molecule has 0 saturated heterocycles. The Morgan fingerprint density at radius 2 is 1.89 bits per heavy atom. The van der Waals surface area contributed by atoms with Crippen LogP contribution in [0.3, 0.4) is 0 Å². The molecule has 4 rings (SSSR count). The summed E-state index contributed by atoms with van der Waals surface area (Å²) in [5, 5.41) is 6.75. The third kappa shape index (κ3) is 6.13. The van der Waals surface area contributed by atoms with Gasteiger partial charge in [0.05, 0.1) is 18.4 Å². The molecule has 0 aliphatic heterocycles. The average Bonchev–Trinajstić information content (AvgIpc) is 3.44. The van der Waals surface area contributed by atoms with E-state index < -0.39 is 17.8 Å². The molecule has 1 aromatic heterocycles. The monoisotopic (exact) mass is 491 g/mol. The molecule has 0 fully saturated rings. The maximum Gasteiger partial charge on any atom is 0.341 e. The third-order valence-corrected chi connectivity index (χ3v) is 6.53. The zero-order chi connectivity index (χ0) is 24.6. The van der Waals surface area contributed by atoms with Crippen LogP contribution < -0.4 is 15.5 Å². The van der Waals surface area contributed by atoms with Gasteiger partial charge in [-0.15, -0.1) is 11.3 Å². The smallest absolute Gasteiger partial charge is 0.341 e. The van der Waals surface area contributed by atoms with Gasteiger partial charge in [0.2, 0.25) is 0 Å². The Bertz CT molecular complexity index is 1250. The lowest BCUT2D eigenvalue weighted by molar-refractivity contribution is -0.136. The minimum Gasteiger partial charge on any atom is -0.489 e. The molecule has 2 amide bonds. The molecule has 8 nitrogen and oxygen atoms in total. The standard InChI is InChI=1S/C26H25N3O5S/c1-2-33-26(32)22-20-12-7-13-21(20)35-25(22)28-23(30)24(31)29-27-15-18-10-6-11-19(14-18)34-16-17-8-4-3-5-9-17/h3-6,8-11,14-15H,2,7,12-13,16H2,1H3,(H,28,30)(H,29,31)/b27-15+. The lowest BCUT2D eigenvalue weighted by atomic mass is 10.1. The molecule has 0 atom stereocenters. The van der Waals surface area contributed by atoms with Gasteiger partial charge in [-0.1, -0.05) is 42.5 Å². The number of hydrogen-bond donors (Lipinski definition) is 2. The molecular formula is C26H25N3O5S. The van der Waals surface area contributed by atoms with E-state index in [4.69, 9.17) is 9.47 Å². The van der Waals surface area contributed by atoms with E-state index in [2.05, 4.69) is 15.8 Å². The summed E-state index contributed by atoms with van der Waals surface area (Å²) in [6.45, 7) is 2.38. The van der Waals surface area contributed by atoms with Gasteiger partial charge in [0.25, 0.3) is 0 Å². The number of thiophene rings is 1. The molecule has 0 spiro atoms. The molecule has 3 aromatic rings. The highest BCUT2D eigenvalue weighted by molar-refractivity contribution is 7.17. The van der Waals surface area contributed by atoms with Gasteiger partial charge in [-0.25, -0.2) is 10.2 Å². The number of benzene rings is 2. The Balaban J connectivity index is 1.34. The van der Waals surface area contributed by atoms with Gasteiger partial charge >= 0.3 is 17.8 Å². The van der Waals surface area contributed by atoms with Crippen LogP contribution in [0.15, 0.2) is 59.7 Å². The number of carbonyl (C=O) groups is 3. The summed E-state index contributed by atoms with van der Waals surface area (Å²) in [6, 6.07) is 17.0. The SMILES string of the molecule is CCOC(=O)c1c(NC(=O)C(=O)N/N=C/c2cccc(OCc3ccccc3)c2)sc2c1CCC2. The fraction of sp³-hybridized carbons (Fsp3) is 0.231. The number of aryl methyl sites for hydroxylation is 1. The van der Waals surface area contributed by atoms with Gasteiger partial charge in [0.15, 0.2) is 0 Å². The van der Waals surface area contributed by atoms with Crippen LogP contribution in [0.2, 0.25) is 0 Å². The van der Waals surface area contributed by atoms with Crippen molar-refractivity contribution in [2.75, 3.05) is 11.9 Å². The molecule has 9 heteroatoms. The van der Waals surface area contributed by atoms with E-state index in [0.717, 1.165) is 35.3 Å². The fourth-order valence-electron chi connectivity index (χ4n) is 3.71. The van der Waals surface area contributed by atoms with E-state index in [1.54, 1.807) is 19.1 Å². The van der Waals surface area contributed by atoms with E-state index in [-0.39, 0.29) is 6.61 Å². The molecule has 2 aromatic carbocycles. The van der Waals surface area contributed by atoms with Crippen LogP contribution in [-0.4, -0.2) is 30.6 Å². The van der Waals surface area contributed by atoms with Gasteiger partial charge in [-0.05, 0) is 55.0 Å². The lowest BCUT2D eigenvalue weighted by Gasteiger charge is -2.07. The van der Waals surface area contributed by atoms with E-state index in [9.17, 15) is 14.4 Å². The molecule has 1 heterocycles. The number of hydrazone groups is 1. The summed E-state index contributed by atoms with van der Waals surface area (Å²) in [6.07, 6.45) is 3.97. The second kappa shape index (κ2) is 11.4. The van der Waals surface area contributed by atoms with E-state index in [0.29, 0.717) is 28.5 Å². The van der Waals surface area contributed by atoms with Crippen molar-refractivity contribution in [3.05, 3.63) is 81.7 Å². The van der Waals surface area contributed by atoms with E-state index in [1.807, 2.05) is 42.5 Å². The number of amides is 2. The zero-order valence-electron chi connectivity index (χ0n) is 19.2. The quantitative estimate of drug-likeness (QED) is 0.214. The summed E-state index contributed by atoms with van der Waals surface area (Å²) < 4.78 is 10.9. The number of rotatable bonds is 8. The molecule has 180 valence electrons. The molecule has 1 aliphatic carbocycles. The molecule has 2 N–H and O–H groups in total. The summed E-state index contributed by atoms with van der Waals surface area (Å²) in [5.41, 5.74) is 5.20. The first-order valence-corrected chi connectivity index (χ1v) is 12.1. The first-order chi connectivity index (χ1) is 17.0. The summed E-state index contributed by atoms with van der Waals surface area (Å²) >= 11 is 1.31. The van der Waals surface area contributed by atoms with Gasteiger partial charge in [0, 0.05) is 4.88 Å². The molecule has 1 aliphatic rings.